The Balaban J connectivity index is 1.41. The van der Waals surface area contributed by atoms with Crippen LogP contribution in [0.3, 0.4) is 0 Å². The van der Waals surface area contributed by atoms with E-state index in [2.05, 4.69) is 47.3 Å². The van der Waals surface area contributed by atoms with Crippen molar-refractivity contribution in [2.75, 3.05) is 33.8 Å². The maximum atomic E-state index is 12.9. The second kappa shape index (κ2) is 8.02. The first-order valence-electron chi connectivity index (χ1n) is 10.1. The molecule has 3 heterocycles. The van der Waals surface area contributed by atoms with Crippen molar-refractivity contribution in [3.63, 3.8) is 0 Å². The molecule has 0 saturated carbocycles. The lowest BCUT2D eigenvalue weighted by Crippen LogP contribution is -2.52. The first-order valence-corrected chi connectivity index (χ1v) is 10.1. The Bertz CT molecular complexity index is 816. The quantitative estimate of drug-likeness (QED) is 0.818. The van der Waals surface area contributed by atoms with Gasteiger partial charge in [0.25, 0.3) is 5.91 Å². The Labute approximate surface area is 167 Å². The van der Waals surface area contributed by atoms with E-state index in [4.69, 9.17) is 4.74 Å². The van der Waals surface area contributed by atoms with E-state index in [1.165, 1.54) is 12.0 Å². The van der Waals surface area contributed by atoms with Gasteiger partial charge in [0.05, 0.1) is 12.3 Å². The van der Waals surface area contributed by atoms with Gasteiger partial charge in [-0.05, 0) is 49.9 Å². The minimum atomic E-state index is 0.0352. The Hall–Kier alpha value is -2.24. The fourth-order valence-electron chi connectivity index (χ4n) is 4.85. The number of pyridine rings is 1. The molecule has 1 spiro atoms. The molecule has 1 atom stereocenters. The van der Waals surface area contributed by atoms with Crippen LogP contribution in [0.1, 0.15) is 46.9 Å². The van der Waals surface area contributed by atoms with Crippen LogP contribution in [0, 0.1) is 0 Å². The number of nitrogens with zero attached hydrogens (tertiary/aromatic N) is 3. The summed E-state index contributed by atoms with van der Waals surface area (Å²) in [6.45, 7) is 3.11. The number of carbonyl (C=O) groups excluding carboxylic acids is 1. The Morgan fingerprint density at radius 3 is 2.61 bits per heavy atom. The van der Waals surface area contributed by atoms with Gasteiger partial charge in [0, 0.05) is 32.3 Å². The lowest BCUT2D eigenvalue weighted by Gasteiger charge is -2.43. The molecule has 1 aromatic carbocycles. The number of methoxy groups -OCH3 is 1. The minimum absolute atomic E-state index is 0.0352. The molecule has 148 valence electrons. The first-order chi connectivity index (χ1) is 13.6. The first kappa shape index (κ1) is 19.1. The molecule has 0 unspecified atom stereocenters. The van der Waals surface area contributed by atoms with Crippen LogP contribution in [0.4, 0.5) is 0 Å². The molecule has 1 amide bonds. The van der Waals surface area contributed by atoms with Crippen LogP contribution in [-0.2, 0) is 11.3 Å². The van der Waals surface area contributed by atoms with E-state index >= 15 is 0 Å². The van der Waals surface area contributed by atoms with Crippen LogP contribution < -0.4 is 0 Å². The lowest BCUT2D eigenvalue weighted by atomic mass is 9.81. The molecule has 1 aromatic heterocycles. The zero-order valence-electron chi connectivity index (χ0n) is 16.8. The molecule has 28 heavy (non-hydrogen) atoms. The van der Waals surface area contributed by atoms with Crippen molar-refractivity contribution in [2.24, 2.45) is 0 Å². The number of rotatable bonds is 4. The average molecular weight is 380 g/mol. The Kier molecular flexibility index (Phi) is 5.47. The molecule has 0 N–H and O–H groups in total. The predicted octanol–water partition coefficient (Wildman–Crippen LogP) is 3.32. The summed E-state index contributed by atoms with van der Waals surface area (Å²) in [7, 11) is 3.89. The number of hydrogen-bond acceptors (Lipinski definition) is 4. The molecule has 2 saturated heterocycles. The second-order valence-electron chi connectivity index (χ2n) is 8.16. The van der Waals surface area contributed by atoms with Gasteiger partial charge in [0.2, 0.25) is 0 Å². The van der Waals surface area contributed by atoms with E-state index in [0.717, 1.165) is 38.2 Å². The van der Waals surface area contributed by atoms with Crippen molar-refractivity contribution in [3.05, 3.63) is 65.5 Å². The van der Waals surface area contributed by atoms with Crippen LogP contribution in [0.25, 0.3) is 0 Å². The van der Waals surface area contributed by atoms with Gasteiger partial charge in [-0.2, -0.15) is 0 Å². The third-order valence-electron chi connectivity index (χ3n) is 6.50. The molecule has 0 radical (unpaired) electrons. The molecule has 5 heteroatoms. The second-order valence-corrected chi connectivity index (χ2v) is 8.16. The highest BCUT2D eigenvalue weighted by molar-refractivity contribution is 5.92. The summed E-state index contributed by atoms with van der Waals surface area (Å²) in [4.78, 5) is 21.9. The molecule has 2 fully saturated rings. The van der Waals surface area contributed by atoms with Crippen molar-refractivity contribution in [3.8, 4) is 0 Å². The third-order valence-corrected chi connectivity index (χ3v) is 6.50. The standard InChI is InChI=1S/C23H29N3O2/c1-25-16-19(18-7-4-3-5-8-18)15-23(25)11-13-26(14-12-23)22(27)21-10-6-9-20(24-21)17-28-2/h3-10,19H,11-17H2,1-2H3/t19-/m0/s1. The number of piperidine rings is 1. The lowest BCUT2D eigenvalue weighted by molar-refractivity contribution is 0.0487. The molecule has 4 rings (SSSR count). The van der Waals surface area contributed by atoms with Gasteiger partial charge in [-0.1, -0.05) is 36.4 Å². The highest BCUT2D eigenvalue weighted by Crippen LogP contribution is 2.44. The highest BCUT2D eigenvalue weighted by atomic mass is 16.5. The average Bonchev–Trinajstić information content (AvgIpc) is 3.05. The zero-order chi connectivity index (χ0) is 19.6. The summed E-state index contributed by atoms with van der Waals surface area (Å²) in [5.74, 6) is 0.619. The third kappa shape index (κ3) is 3.69. The van der Waals surface area contributed by atoms with Gasteiger partial charge in [-0.15, -0.1) is 0 Å². The number of hydrogen-bond donors (Lipinski definition) is 0. The van der Waals surface area contributed by atoms with Crippen molar-refractivity contribution in [1.29, 1.82) is 0 Å². The van der Waals surface area contributed by atoms with Gasteiger partial charge >= 0.3 is 0 Å². The van der Waals surface area contributed by atoms with Crippen LogP contribution in [0.2, 0.25) is 0 Å². The molecule has 2 aliphatic heterocycles. The highest BCUT2D eigenvalue weighted by Gasteiger charge is 2.46. The molecule has 2 aromatic rings. The van der Waals surface area contributed by atoms with Crippen molar-refractivity contribution in [2.45, 2.75) is 37.3 Å². The number of carbonyl (C=O) groups is 1. The van der Waals surface area contributed by atoms with E-state index in [-0.39, 0.29) is 11.4 Å². The van der Waals surface area contributed by atoms with Gasteiger partial charge in [-0.25, -0.2) is 4.98 Å². The minimum Gasteiger partial charge on any atom is -0.378 e. The number of aromatic nitrogens is 1. The number of benzene rings is 1. The van der Waals surface area contributed by atoms with E-state index in [1.807, 2.05) is 17.0 Å². The molecule has 2 aliphatic rings. The van der Waals surface area contributed by atoms with Crippen LogP contribution in [0.15, 0.2) is 48.5 Å². The fourth-order valence-corrected chi connectivity index (χ4v) is 4.85. The van der Waals surface area contributed by atoms with Gasteiger partial charge in [0.1, 0.15) is 5.69 Å². The van der Waals surface area contributed by atoms with Gasteiger partial charge in [0.15, 0.2) is 0 Å². The normalized spacial score (nSPS) is 21.9. The van der Waals surface area contributed by atoms with Crippen molar-refractivity contribution >= 4 is 5.91 Å². The smallest absolute Gasteiger partial charge is 0.272 e. The fraction of sp³-hybridized carbons (Fsp3) is 0.478. The zero-order valence-corrected chi connectivity index (χ0v) is 16.8. The Morgan fingerprint density at radius 1 is 1.14 bits per heavy atom. The number of amides is 1. The van der Waals surface area contributed by atoms with E-state index < -0.39 is 0 Å². The van der Waals surface area contributed by atoms with Crippen LogP contribution in [0.5, 0.6) is 0 Å². The molecule has 0 aliphatic carbocycles. The predicted molar refractivity (Wildman–Crippen MR) is 109 cm³/mol. The Morgan fingerprint density at radius 2 is 1.89 bits per heavy atom. The molecule has 0 bridgehead atoms. The summed E-state index contributed by atoms with van der Waals surface area (Å²) in [5.41, 5.74) is 2.96. The number of likely N-dealkylation sites (tertiary alicyclic amines) is 2. The summed E-state index contributed by atoms with van der Waals surface area (Å²) < 4.78 is 5.14. The summed E-state index contributed by atoms with van der Waals surface area (Å²) >= 11 is 0. The summed E-state index contributed by atoms with van der Waals surface area (Å²) in [6, 6.07) is 16.4. The summed E-state index contributed by atoms with van der Waals surface area (Å²) in [6.07, 6.45) is 3.23. The SMILES string of the molecule is COCc1cccc(C(=O)N2CCC3(CC2)C[C@H](c2ccccc2)CN3C)n1. The van der Waals surface area contributed by atoms with Crippen molar-refractivity contribution in [1.82, 2.24) is 14.8 Å². The number of likely N-dealkylation sites (N-methyl/N-ethyl adjacent to an activating group) is 1. The van der Waals surface area contributed by atoms with Gasteiger partial charge < -0.3 is 9.64 Å². The number of ether oxygens (including phenoxy) is 1. The van der Waals surface area contributed by atoms with E-state index in [9.17, 15) is 4.79 Å². The molecule has 5 nitrogen and oxygen atoms in total. The topological polar surface area (TPSA) is 45.7 Å². The van der Waals surface area contributed by atoms with Crippen LogP contribution >= 0.6 is 0 Å². The molecular weight excluding hydrogens is 350 g/mol. The maximum absolute atomic E-state index is 12.9. The summed E-state index contributed by atoms with van der Waals surface area (Å²) in [5, 5.41) is 0. The van der Waals surface area contributed by atoms with Crippen LogP contribution in [-0.4, -0.2) is 60.0 Å². The molecular formula is C23H29N3O2. The van der Waals surface area contributed by atoms with Gasteiger partial charge in [-0.3, -0.25) is 9.69 Å². The monoisotopic (exact) mass is 379 g/mol. The van der Waals surface area contributed by atoms with E-state index in [0.29, 0.717) is 18.2 Å². The maximum Gasteiger partial charge on any atom is 0.272 e. The van der Waals surface area contributed by atoms with E-state index in [1.54, 1.807) is 13.2 Å². The largest absolute Gasteiger partial charge is 0.378 e. The van der Waals surface area contributed by atoms with Crippen molar-refractivity contribution < 1.29 is 9.53 Å².